The minimum atomic E-state index is 0.106. The summed E-state index contributed by atoms with van der Waals surface area (Å²) in [4.78, 5) is 15.1. The summed E-state index contributed by atoms with van der Waals surface area (Å²) in [5.41, 5.74) is 1.45. The lowest BCUT2D eigenvalue weighted by molar-refractivity contribution is -0.110. The van der Waals surface area contributed by atoms with E-state index < -0.39 is 0 Å². The molecule has 0 saturated carbocycles. The third-order valence-corrected chi connectivity index (χ3v) is 1.61. The first kappa shape index (κ1) is 7.19. The van der Waals surface area contributed by atoms with Crippen molar-refractivity contribution >= 4 is 11.5 Å². The molecular weight excluding hydrogens is 126 g/mol. The predicted octanol–water partition coefficient (Wildman–Crippen LogP) is 1.57. The third-order valence-electron chi connectivity index (χ3n) is 1.61. The Bertz CT molecular complexity index is 223. The van der Waals surface area contributed by atoms with Crippen molar-refractivity contribution < 1.29 is 4.79 Å². The Morgan fingerprint density at radius 3 is 2.30 bits per heavy atom. The summed E-state index contributed by atoms with van der Waals surface area (Å²) in [5.74, 6) is 0.406. The minimum absolute atomic E-state index is 0.106. The molecular formula is C8H11NO. The van der Waals surface area contributed by atoms with Crippen molar-refractivity contribution in [1.29, 1.82) is 0 Å². The van der Waals surface area contributed by atoms with Crippen LogP contribution in [0.3, 0.4) is 0 Å². The molecule has 0 spiro atoms. The van der Waals surface area contributed by atoms with Crippen molar-refractivity contribution in [2.75, 3.05) is 0 Å². The predicted molar refractivity (Wildman–Crippen MR) is 41.0 cm³/mol. The maximum absolute atomic E-state index is 11.1. The van der Waals surface area contributed by atoms with Gasteiger partial charge in [0.25, 0.3) is 0 Å². The van der Waals surface area contributed by atoms with E-state index in [1.54, 1.807) is 13.1 Å². The van der Waals surface area contributed by atoms with Gasteiger partial charge in [0.2, 0.25) is 5.78 Å². The highest BCUT2D eigenvalue weighted by Crippen LogP contribution is 2.16. The van der Waals surface area contributed by atoms with Crippen LogP contribution in [0.15, 0.2) is 16.8 Å². The quantitative estimate of drug-likeness (QED) is 0.539. The van der Waals surface area contributed by atoms with Crippen LogP contribution in [0.1, 0.15) is 20.8 Å². The van der Waals surface area contributed by atoms with Gasteiger partial charge < -0.3 is 0 Å². The summed E-state index contributed by atoms with van der Waals surface area (Å²) < 4.78 is 0. The fourth-order valence-corrected chi connectivity index (χ4v) is 0.904. The van der Waals surface area contributed by atoms with E-state index in [9.17, 15) is 4.79 Å². The molecule has 0 aromatic heterocycles. The Morgan fingerprint density at radius 2 is 2.10 bits per heavy atom. The molecule has 0 N–H and O–H groups in total. The van der Waals surface area contributed by atoms with Gasteiger partial charge in [-0.15, -0.1) is 0 Å². The number of hydrogen-bond donors (Lipinski definition) is 0. The molecule has 10 heavy (non-hydrogen) atoms. The molecule has 0 fully saturated rings. The monoisotopic (exact) mass is 137 g/mol. The van der Waals surface area contributed by atoms with Crippen molar-refractivity contribution in [3.63, 3.8) is 0 Å². The molecule has 2 heteroatoms. The number of allylic oxidation sites excluding steroid dienone is 1. The van der Waals surface area contributed by atoms with Crippen molar-refractivity contribution in [3.05, 3.63) is 11.8 Å². The van der Waals surface area contributed by atoms with Gasteiger partial charge in [-0.3, -0.25) is 9.79 Å². The molecule has 0 aromatic carbocycles. The van der Waals surface area contributed by atoms with Gasteiger partial charge in [-0.1, -0.05) is 13.8 Å². The third kappa shape index (κ3) is 1.01. The molecule has 0 atom stereocenters. The van der Waals surface area contributed by atoms with Gasteiger partial charge in [-0.05, 0) is 12.8 Å². The standard InChI is InChI=1S/C8H11NO/c1-5(2)7-4-9-6(3)8(7)10/h4-5H,1-3H3. The Kier molecular flexibility index (Phi) is 1.70. The first-order valence-electron chi connectivity index (χ1n) is 3.42. The van der Waals surface area contributed by atoms with Crippen LogP contribution in [0.2, 0.25) is 0 Å². The van der Waals surface area contributed by atoms with Crippen LogP contribution in [0, 0.1) is 5.92 Å². The highest BCUT2D eigenvalue weighted by atomic mass is 16.1. The molecule has 0 aromatic rings. The van der Waals surface area contributed by atoms with Crippen LogP contribution in [-0.4, -0.2) is 11.5 Å². The van der Waals surface area contributed by atoms with Crippen molar-refractivity contribution in [2.24, 2.45) is 10.9 Å². The Morgan fingerprint density at radius 1 is 1.50 bits per heavy atom. The zero-order valence-corrected chi connectivity index (χ0v) is 6.51. The molecule has 54 valence electrons. The molecule has 0 aliphatic carbocycles. The molecule has 1 heterocycles. The zero-order valence-electron chi connectivity index (χ0n) is 6.51. The largest absolute Gasteiger partial charge is 0.288 e. The van der Waals surface area contributed by atoms with Gasteiger partial charge in [0.05, 0.1) is 5.71 Å². The molecule has 0 radical (unpaired) electrons. The Hall–Kier alpha value is -0.920. The van der Waals surface area contributed by atoms with Crippen molar-refractivity contribution in [3.8, 4) is 0 Å². The number of rotatable bonds is 1. The number of hydrogen-bond acceptors (Lipinski definition) is 2. The van der Waals surface area contributed by atoms with Crippen LogP contribution in [0.25, 0.3) is 0 Å². The summed E-state index contributed by atoms with van der Waals surface area (Å²) >= 11 is 0. The fourth-order valence-electron chi connectivity index (χ4n) is 0.904. The Labute approximate surface area is 60.7 Å². The van der Waals surface area contributed by atoms with Crippen molar-refractivity contribution in [2.45, 2.75) is 20.8 Å². The fraction of sp³-hybridized carbons (Fsp3) is 0.500. The van der Waals surface area contributed by atoms with E-state index in [1.807, 2.05) is 13.8 Å². The van der Waals surface area contributed by atoms with Crippen LogP contribution in [0.4, 0.5) is 0 Å². The lowest BCUT2D eigenvalue weighted by Crippen LogP contribution is -2.11. The summed E-state index contributed by atoms with van der Waals surface area (Å²) in [7, 11) is 0. The van der Waals surface area contributed by atoms with E-state index in [1.165, 1.54) is 0 Å². The van der Waals surface area contributed by atoms with Crippen molar-refractivity contribution in [1.82, 2.24) is 0 Å². The lowest BCUT2D eigenvalue weighted by atomic mass is 10.00. The molecule has 2 nitrogen and oxygen atoms in total. The highest BCUT2D eigenvalue weighted by molar-refractivity contribution is 6.46. The van der Waals surface area contributed by atoms with Gasteiger partial charge in [-0.25, -0.2) is 0 Å². The topological polar surface area (TPSA) is 29.4 Å². The second kappa shape index (κ2) is 2.37. The normalized spacial score (nSPS) is 17.8. The van der Waals surface area contributed by atoms with E-state index in [2.05, 4.69) is 4.99 Å². The zero-order chi connectivity index (χ0) is 7.72. The second-order valence-electron chi connectivity index (χ2n) is 2.78. The molecule has 1 aliphatic rings. The lowest BCUT2D eigenvalue weighted by Gasteiger charge is -2.01. The molecule has 0 unspecified atom stereocenters. The van der Waals surface area contributed by atoms with Gasteiger partial charge in [0.15, 0.2) is 0 Å². The molecule has 0 saturated heterocycles. The number of aliphatic imine (C=N–C) groups is 1. The Balaban J connectivity index is 2.81. The number of ketones is 1. The van der Waals surface area contributed by atoms with E-state index in [0.29, 0.717) is 11.6 Å². The first-order chi connectivity index (χ1) is 4.63. The second-order valence-corrected chi connectivity index (χ2v) is 2.78. The van der Waals surface area contributed by atoms with Gasteiger partial charge in [-0.2, -0.15) is 0 Å². The summed E-state index contributed by atoms with van der Waals surface area (Å²) in [5, 5.41) is 0. The highest BCUT2D eigenvalue weighted by Gasteiger charge is 2.19. The number of Topliss-reactive ketones (excluding diaryl/α,β-unsaturated/α-hetero) is 1. The summed E-state index contributed by atoms with van der Waals surface area (Å²) in [6, 6.07) is 0. The van der Waals surface area contributed by atoms with Gasteiger partial charge in [0.1, 0.15) is 0 Å². The van der Waals surface area contributed by atoms with E-state index in [-0.39, 0.29) is 5.78 Å². The smallest absolute Gasteiger partial charge is 0.204 e. The SMILES string of the molecule is CC1=NC=C(C(C)C)C1=O. The van der Waals surface area contributed by atoms with Gasteiger partial charge >= 0.3 is 0 Å². The maximum Gasteiger partial charge on any atom is 0.204 e. The van der Waals surface area contributed by atoms with E-state index >= 15 is 0 Å². The minimum Gasteiger partial charge on any atom is -0.288 e. The average Bonchev–Trinajstić information content (AvgIpc) is 2.14. The first-order valence-corrected chi connectivity index (χ1v) is 3.42. The van der Waals surface area contributed by atoms with Crippen LogP contribution in [0.5, 0.6) is 0 Å². The van der Waals surface area contributed by atoms with Gasteiger partial charge in [0, 0.05) is 11.8 Å². The van der Waals surface area contributed by atoms with Crippen LogP contribution < -0.4 is 0 Å². The van der Waals surface area contributed by atoms with E-state index in [0.717, 1.165) is 5.57 Å². The maximum atomic E-state index is 11.1. The van der Waals surface area contributed by atoms with E-state index in [4.69, 9.17) is 0 Å². The molecule has 1 aliphatic heterocycles. The summed E-state index contributed by atoms with van der Waals surface area (Å²) in [6.45, 7) is 5.74. The summed E-state index contributed by atoms with van der Waals surface area (Å²) in [6.07, 6.45) is 1.67. The average molecular weight is 137 g/mol. The molecule has 1 rings (SSSR count). The molecule has 0 bridgehead atoms. The van der Waals surface area contributed by atoms with Crippen LogP contribution >= 0.6 is 0 Å². The number of carbonyl (C=O) groups is 1. The number of nitrogens with zero attached hydrogens (tertiary/aromatic N) is 1. The van der Waals surface area contributed by atoms with Crippen LogP contribution in [-0.2, 0) is 4.79 Å². The molecule has 0 amide bonds. The number of carbonyl (C=O) groups excluding carboxylic acids is 1.